The molecule has 7 heteroatoms. The number of nitrogen functional groups attached to an aromatic ring is 1. The normalized spacial score (nSPS) is 11.1. The maximum Gasteiger partial charge on any atom is 0.257 e. The number of nitrogens with one attached hydrogen (secondary N) is 1. The van der Waals surface area contributed by atoms with Crippen LogP contribution < -0.4 is 11.1 Å². The number of carbonyl (C=O) groups is 1. The number of hydrogen-bond acceptors (Lipinski definition) is 4. The summed E-state index contributed by atoms with van der Waals surface area (Å²) in [6, 6.07) is 10.6. The minimum atomic E-state index is -3.26. The number of anilines is 2. The molecule has 0 atom stereocenters. The monoisotopic (exact) mass is 324 g/mol. The number of rotatable bonds is 3. The van der Waals surface area contributed by atoms with Gasteiger partial charge in [0.05, 0.1) is 21.2 Å². The summed E-state index contributed by atoms with van der Waals surface area (Å²) in [5.41, 5.74) is 6.67. The van der Waals surface area contributed by atoms with Gasteiger partial charge in [0, 0.05) is 11.9 Å². The van der Waals surface area contributed by atoms with E-state index in [1.54, 1.807) is 18.2 Å². The molecule has 21 heavy (non-hydrogen) atoms. The lowest BCUT2D eigenvalue weighted by Crippen LogP contribution is -2.13. The van der Waals surface area contributed by atoms with E-state index in [2.05, 4.69) is 5.32 Å². The van der Waals surface area contributed by atoms with Crippen molar-refractivity contribution in [3.05, 3.63) is 53.1 Å². The SMILES string of the molecule is CS(=O)(=O)c1ccc(NC(=O)c2cccc(N)c2Cl)cc1. The molecule has 0 saturated heterocycles. The predicted molar refractivity (Wildman–Crippen MR) is 83.4 cm³/mol. The van der Waals surface area contributed by atoms with Crippen LogP contribution in [0.5, 0.6) is 0 Å². The van der Waals surface area contributed by atoms with Crippen molar-refractivity contribution in [3.8, 4) is 0 Å². The molecule has 0 heterocycles. The topological polar surface area (TPSA) is 89.3 Å². The Morgan fingerprint density at radius 1 is 1.14 bits per heavy atom. The van der Waals surface area contributed by atoms with E-state index in [1.165, 1.54) is 24.3 Å². The van der Waals surface area contributed by atoms with E-state index in [-0.39, 0.29) is 15.5 Å². The van der Waals surface area contributed by atoms with Crippen molar-refractivity contribution < 1.29 is 13.2 Å². The van der Waals surface area contributed by atoms with Gasteiger partial charge in [-0.2, -0.15) is 0 Å². The van der Waals surface area contributed by atoms with E-state index in [4.69, 9.17) is 17.3 Å². The Labute approximate surface area is 127 Å². The molecule has 1 amide bonds. The summed E-state index contributed by atoms with van der Waals surface area (Å²) in [7, 11) is -3.26. The fraction of sp³-hybridized carbons (Fsp3) is 0.0714. The van der Waals surface area contributed by atoms with E-state index < -0.39 is 15.7 Å². The second kappa shape index (κ2) is 5.75. The Bertz CT molecular complexity index is 786. The number of carbonyl (C=O) groups excluding carboxylic acids is 1. The van der Waals surface area contributed by atoms with Crippen LogP contribution in [0.15, 0.2) is 47.4 Å². The van der Waals surface area contributed by atoms with Gasteiger partial charge in [-0.1, -0.05) is 17.7 Å². The lowest BCUT2D eigenvalue weighted by molar-refractivity contribution is 0.102. The molecule has 0 radical (unpaired) electrons. The smallest absolute Gasteiger partial charge is 0.257 e. The average molecular weight is 325 g/mol. The molecule has 0 aliphatic rings. The highest BCUT2D eigenvalue weighted by atomic mass is 35.5. The molecule has 3 N–H and O–H groups in total. The first kappa shape index (κ1) is 15.3. The van der Waals surface area contributed by atoms with Gasteiger partial charge in [-0.05, 0) is 36.4 Å². The van der Waals surface area contributed by atoms with E-state index in [0.29, 0.717) is 11.4 Å². The number of nitrogens with two attached hydrogens (primary N) is 1. The van der Waals surface area contributed by atoms with E-state index >= 15 is 0 Å². The third-order valence-electron chi connectivity index (χ3n) is 2.81. The summed E-state index contributed by atoms with van der Waals surface area (Å²) >= 11 is 5.97. The molecule has 2 aromatic carbocycles. The Kier molecular flexibility index (Phi) is 4.20. The quantitative estimate of drug-likeness (QED) is 0.849. The van der Waals surface area contributed by atoms with E-state index in [0.717, 1.165) is 6.26 Å². The van der Waals surface area contributed by atoms with Gasteiger partial charge in [-0.25, -0.2) is 8.42 Å². The van der Waals surface area contributed by atoms with Gasteiger partial charge in [0.25, 0.3) is 5.91 Å². The summed E-state index contributed by atoms with van der Waals surface area (Å²) in [6.45, 7) is 0. The van der Waals surface area contributed by atoms with Gasteiger partial charge in [-0.15, -0.1) is 0 Å². The fourth-order valence-electron chi connectivity index (χ4n) is 1.71. The highest BCUT2D eigenvalue weighted by molar-refractivity contribution is 7.90. The third kappa shape index (κ3) is 3.53. The molecule has 2 aromatic rings. The van der Waals surface area contributed by atoms with Crippen LogP contribution in [0.3, 0.4) is 0 Å². The molecule has 0 aliphatic carbocycles. The van der Waals surface area contributed by atoms with Crippen LogP contribution in [0.2, 0.25) is 5.02 Å². The lowest BCUT2D eigenvalue weighted by atomic mass is 10.2. The maximum absolute atomic E-state index is 12.1. The fourth-order valence-corrected chi connectivity index (χ4v) is 2.55. The molecular formula is C14H13ClN2O3S. The second-order valence-corrected chi connectivity index (χ2v) is 6.85. The van der Waals surface area contributed by atoms with Crippen molar-refractivity contribution in [2.24, 2.45) is 0 Å². The summed E-state index contributed by atoms with van der Waals surface area (Å²) in [6.07, 6.45) is 1.12. The zero-order valence-electron chi connectivity index (χ0n) is 11.1. The Morgan fingerprint density at radius 3 is 2.33 bits per heavy atom. The third-order valence-corrected chi connectivity index (χ3v) is 4.36. The first-order chi connectivity index (χ1) is 9.79. The van der Waals surface area contributed by atoms with E-state index in [1.807, 2.05) is 0 Å². The lowest BCUT2D eigenvalue weighted by Gasteiger charge is -2.08. The van der Waals surface area contributed by atoms with Crippen LogP contribution in [0.1, 0.15) is 10.4 Å². The van der Waals surface area contributed by atoms with Crippen molar-refractivity contribution in [3.63, 3.8) is 0 Å². The van der Waals surface area contributed by atoms with Crippen LogP contribution in [-0.4, -0.2) is 20.6 Å². The number of sulfone groups is 1. The molecule has 0 saturated carbocycles. The maximum atomic E-state index is 12.1. The standard InChI is InChI=1S/C14H13ClN2O3S/c1-21(19,20)10-7-5-9(6-8-10)17-14(18)11-3-2-4-12(16)13(11)15/h2-8H,16H2,1H3,(H,17,18). The molecule has 0 unspecified atom stereocenters. The van der Waals surface area contributed by atoms with Crippen molar-refractivity contribution in [1.82, 2.24) is 0 Å². The van der Waals surface area contributed by atoms with Gasteiger partial charge >= 0.3 is 0 Å². The molecule has 0 fully saturated rings. The van der Waals surface area contributed by atoms with Crippen molar-refractivity contribution in [2.45, 2.75) is 4.90 Å². The zero-order chi connectivity index (χ0) is 15.6. The average Bonchev–Trinajstić information content (AvgIpc) is 2.41. The molecular weight excluding hydrogens is 312 g/mol. The predicted octanol–water partition coefficient (Wildman–Crippen LogP) is 2.58. The van der Waals surface area contributed by atoms with Crippen molar-refractivity contribution in [2.75, 3.05) is 17.3 Å². The molecule has 0 bridgehead atoms. The van der Waals surface area contributed by atoms with Gasteiger partial charge in [0.15, 0.2) is 9.84 Å². The summed E-state index contributed by atoms with van der Waals surface area (Å²) < 4.78 is 22.7. The summed E-state index contributed by atoms with van der Waals surface area (Å²) in [4.78, 5) is 12.3. The molecule has 0 aromatic heterocycles. The van der Waals surface area contributed by atoms with Gasteiger partial charge in [0.2, 0.25) is 0 Å². The molecule has 0 spiro atoms. The number of hydrogen-bond donors (Lipinski definition) is 2. The Hall–Kier alpha value is -2.05. The summed E-state index contributed by atoms with van der Waals surface area (Å²) in [5, 5.41) is 2.81. The largest absolute Gasteiger partial charge is 0.398 e. The Balaban J connectivity index is 2.22. The van der Waals surface area contributed by atoms with Crippen LogP contribution in [0, 0.1) is 0 Å². The molecule has 0 aliphatic heterocycles. The highest BCUT2D eigenvalue weighted by Gasteiger charge is 2.13. The molecule has 5 nitrogen and oxygen atoms in total. The minimum Gasteiger partial charge on any atom is -0.398 e. The number of amides is 1. The van der Waals surface area contributed by atoms with Crippen LogP contribution in [0.25, 0.3) is 0 Å². The van der Waals surface area contributed by atoms with Gasteiger partial charge < -0.3 is 11.1 Å². The first-order valence-electron chi connectivity index (χ1n) is 5.94. The van der Waals surface area contributed by atoms with Crippen LogP contribution in [0.4, 0.5) is 11.4 Å². The van der Waals surface area contributed by atoms with Crippen LogP contribution >= 0.6 is 11.6 Å². The van der Waals surface area contributed by atoms with Crippen LogP contribution in [-0.2, 0) is 9.84 Å². The molecule has 2 rings (SSSR count). The minimum absolute atomic E-state index is 0.183. The number of halogens is 1. The van der Waals surface area contributed by atoms with Crippen molar-refractivity contribution in [1.29, 1.82) is 0 Å². The van der Waals surface area contributed by atoms with E-state index in [9.17, 15) is 13.2 Å². The van der Waals surface area contributed by atoms with Crippen molar-refractivity contribution >= 4 is 38.7 Å². The first-order valence-corrected chi connectivity index (χ1v) is 8.21. The Morgan fingerprint density at radius 2 is 1.76 bits per heavy atom. The zero-order valence-corrected chi connectivity index (χ0v) is 12.7. The highest BCUT2D eigenvalue weighted by Crippen LogP contribution is 2.24. The van der Waals surface area contributed by atoms with Gasteiger partial charge in [-0.3, -0.25) is 4.79 Å². The van der Waals surface area contributed by atoms with Gasteiger partial charge in [0.1, 0.15) is 0 Å². The number of benzene rings is 2. The molecule has 110 valence electrons. The summed E-state index contributed by atoms with van der Waals surface area (Å²) in [5.74, 6) is -0.417. The second-order valence-electron chi connectivity index (χ2n) is 4.46.